The average Bonchev–Trinajstić information content (AvgIpc) is 2.97. The number of aromatic nitrogens is 2. The van der Waals surface area contributed by atoms with Gasteiger partial charge in [0.15, 0.2) is 33.0 Å². The Morgan fingerprint density at radius 1 is 0.905 bits per heavy atom. The van der Waals surface area contributed by atoms with Crippen LogP contribution >= 0.6 is 0 Å². The van der Waals surface area contributed by atoms with Gasteiger partial charge in [0.1, 0.15) is 12.4 Å². The molecule has 0 radical (unpaired) electrons. The van der Waals surface area contributed by atoms with Crippen molar-refractivity contribution >= 4 is 48.2 Å². The van der Waals surface area contributed by atoms with Gasteiger partial charge in [-0.15, -0.1) is 0 Å². The quantitative estimate of drug-likeness (QED) is 0.200. The minimum Gasteiger partial charge on any atom is -0.497 e. The number of sulfonamides is 1. The fourth-order valence-electron chi connectivity index (χ4n) is 3.78. The maximum atomic E-state index is 13.3. The van der Waals surface area contributed by atoms with E-state index in [0.29, 0.717) is 22.3 Å². The van der Waals surface area contributed by atoms with Crippen molar-refractivity contribution in [2.75, 3.05) is 49.0 Å². The van der Waals surface area contributed by atoms with E-state index in [-0.39, 0.29) is 46.1 Å². The first kappa shape index (κ1) is 30.3. The molecule has 0 aliphatic carbocycles. The number of rotatable bonds is 13. The summed E-state index contributed by atoms with van der Waals surface area (Å²) in [6, 6.07) is 17.2. The Balaban J connectivity index is 1.77. The van der Waals surface area contributed by atoms with E-state index in [0.717, 1.165) is 0 Å². The third-order valence-electron chi connectivity index (χ3n) is 5.88. The zero-order chi connectivity index (χ0) is 30.3. The number of sulfone groups is 1. The van der Waals surface area contributed by atoms with E-state index >= 15 is 0 Å². The second-order valence-electron chi connectivity index (χ2n) is 8.71. The van der Waals surface area contributed by atoms with Crippen LogP contribution in [0.5, 0.6) is 17.2 Å². The number of aliphatic hydroxyl groups is 1. The van der Waals surface area contributed by atoms with Crippen LogP contribution in [0.4, 0.5) is 17.3 Å². The van der Waals surface area contributed by atoms with E-state index < -0.39 is 32.2 Å². The number of para-hydroxylation sites is 2. The Kier molecular flexibility index (Phi) is 9.31. The molecule has 0 fully saturated rings. The summed E-state index contributed by atoms with van der Waals surface area (Å²) in [5, 5.41) is 21.1. The van der Waals surface area contributed by atoms with Gasteiger partial charge in [0.2, 0.25) is 0 Å². The molecule has 0 atom stereocenters. The molecular formula is C27H27N5O8S2. The van der Waals surface area contributed by atoms with Gasteiger partial charge < -0.3 is 24.6 Å². The molecule has 0 aliphatic rings. The van der Waals surface area contributed by atoms with E-state index in [2.05, 4.69) is 20.0 Å². The van der Waals surface area contributed by atoms with Gasteiger partial charge in [-0.25, -0.2) is 26.8 Å². The summed E-state index contributed by atoms with van der Waals surface area (Å²) < 4.78 is 69.8. The van der Waals surface area contributed by atoms with Crippen LogP contribution in [0.3, 0.4) is 0 Å². The van der Waals surface area contributed by atoms with Gasteiger partial charge in [-0.1, -0.05) is 12.1 Å². The first-order chi connectivity index (χ1) is 20.1. The molecule has 0 saturated carbocycles. The minimum absolute atomic E-state index is 0.000946. The molecule has 0 unspecified atom stereocenters. The number of nitrogens with one attached hydrogen (secondary N) is 2. The second kappa shape index (κ2) is 12.9. The Bertz CT molecular complexity index is 1840. The summed E-state index contributed by atoms with van der Waals surface area (Å²) >= 11 is 0. The molecule has 0 spiro atoms. The van der Waals surface area contributed by atoms with Gasteiger partial charge in [-0.2, -0.15) is 5.26 Å². The Morgan fingerprint density at radius 2 is 1.57 bits per heavy atom. The number of anilines is 3. The minimum atomic E-state index is -4.16. The van der Waals surface area contributed by atoms with Crippen molar-refractivity contribution in [3.05, 3.63) is 66.2 Å². The number of methoxy groups -OCH3 is 2. The molecule has 0 saturated heterocycles. The second-order valence-corrected chi connectivity index (χ2v) is 12.7. The van der Waals surface area contributed by atoms with Crippen molar-refractivity contribution < 1.29 is 36.2 Å². The number of hydrogen-bond acceptors (Lipinski definition) is 12. The number of ether oxygens (including phenoxy) is 3. The summed E-state index contributed by atoms with van der Waals surface area (Å²) in [5.74, 6) is -0.263. The highest BCUT2D eigenvalue weighted by Gasteiger charge is 2.22. The van der Waals surface area contributed by atoms with Crippen LogP contribution < -0.4 is 24.2 Å². The molecule has 3 aromatic carbocycles. The molecule has 220 valence electrons. The van der Waals surface area contributed by atoms with Crippen LogP contribution in [-0.4, -0.2) is 70.8 Å². The molecule has 15 heteroatoms. The van der Waals surface area contributed by atoms with Crippen molar-refractivity contribution in [1.82, 2.24) is 9.97 Å². The smallest absolute Gasteiger partial charge is 0.263 e. The zero-order valence-electron chi connectivity index (χ0n) is 22.6. The van der Waals surface area contributed by atoms with Gasteiger partial charge in [0, 0.05) is 12.1 Å². The van der Waals surface area contributed by atoms with Crippen molar-refractivity contribution in [3.8, 4) is 23.3 Å². The predicted molar refractivity (Wildman–Crippen MR) is 156 cm³/mol. The van der Waals surface area contributed by atoms with Gasteiger partial charge in [0.25, 0.3) is 10.0 Å². The first-order valence-electron chi connectivity index (χ1n) is 12.4. The summed E-state index contributed by atoms with van der Waals surface area (Å²) in [7, 11) is -4.90. The molecule has 0 aliphatic heterocycles. The fraction of sp³-hybridized carbons (Fsp3) is 0.222. The molecule has 0 bridgehead atoms. The van der Waals surface area contributed by atoms with E-state index in [1.165, 1.54) is 50.6 Å². The molecule has 4 rings (SSSR count). The molecule has 42 heavy (non-hydrogen) atoms. The Morgan fingerprint density at radius 3 is 2.17 bits per heavy atom. The fourth-order valence-corrected chi connectivity index (χ4v) is 5.61. The normalized spacial score (nSPS) is 11.5. The third-order valence-corrected chi connectivity index (χ3v) is 8.82. The van der Waals surface area contributed by atoms with Crippen molar-refractivity contribution in [2.45, 2.75) is 4.90 Å². The maximum Gasteiger partial charge on any atom is 0.263 e. The molecule has 0 amide bonds. The zero-order valence-corrected chi connectivity index (χ0v) is 24.2. The van der Waals surface area contributed by atoms with E-state index in [1.54, 1.807) is 24.3 Å². The summed E-state index contributed by atoms with van der Waals surface area (Å²) in [5.41, 5.74) is 1.38. The lowest BCUT2D eigenvalue weighted by atomic mass is 10.2. The number of benzene rings is 3. The molecule has 4 aromatic rings. The van der Waals surface area contributed by atoms with Crippen molar-refractivity contribution in [1.29, 1.82) is 5.26 Å². The topological polar surface area (TPSA) is 190 Å². The Labute approximate surface area is 242 Å². The monoisotopic (exact) mass is 613 g/mol. The van der Waals surface area contributed by atoms with Crippen LogP contribution in [0.2, 0.25) is 0 Å². The van der Waals surface area contributed by atoms with Crippen molar-refractivity contribution in [2.24, 2.45) is 0 Å². The number of nitrogens with zero attached hydrogens (tertiary/aromatic N) is 3. The highest BCUT2D eigenvalue weighted by Crippen LogP contribution is 2.42. The van der Waals surface area contributed by atoms with Crippen LogP contribution in [-0.2, 0) is 19.9 Å². The molecule has 13 nitrogen and oxygen atoms in total. The molecule has 3 N–H and O–H groups in total. The van der Waals surface area contributed by atoms with Gasteiger partial charge in [-0.05, 0) is 36.4 Å². The van der Waals surface area contributed by atoms with Gasteiger partial charge >= 0.3 is 0 Å². The molecule has 1 heterocycles. The lowest BCUT2D eigenvalue weighted by Crippen LogP contribution is -2.19. The molecular weight excluding hydrogens is 586 g/mol. The summed E-state index contributed by atoms with van der Waals surface area (Å²) in [4.78, 5) is 8.94. The van der Waals surface area contributed by atoms with Gasteiger partial charge in [-0.3, -0.25) is 4.72 Å². The number of hydrogen-bond donors (Lipinski definition) is 3. The predicted octanol–water partition coefficient (Wildman–Crippen LogP) is 2.85. The Hall–Kier alpha value is -4.65. The highest BCUT2D eigenvalue weighted by molar-refractivity contribution is 7.92. The third kappa shape index (κ3) is 7.16. The molecule has 1 aromatic heterocycles. The maximum absolute atomic E-state index is 13.3. The van der Waals surface area contributed by atoms with E-state index in [9.17, 15) is 16.8 Å². The number of nitriles is 1. The van der Waals surface area contributed by atoms with Crippen LogP contribution in [0.25, 0.3) is 11.0 Å². The number of fused-ring (bicyclic) bond motifs is 1. The summed E-state index contributed by atoms with van der Waals surface area (Å²) in [6.45, 7) is -0.774. The lowest BCUT2D eigenvalue weighted by Gasteiger charge is -2.19. The standard InChI is InChI=1S/C27H27N5O8S2/c1-38-19-15-23(25(24(16-19)39-2)40-12-14-41(34,35)13-11-33)31-26-27(30-22-6-4-3-5-21(22)29-26)32-42(36,37)20-9-7-18(17-28)8-10-20/h3-10,15-16,33H,11-14H2,1-2H3,(H,29,31)(H,30,32). The SMILES string of the molecule is COc1cc(Nc2nc3ccccc3nc2NS(=O)(=O)c2ccc(C#N)cc2)c(OCCS(=O)(=O)CCO)c(OC)c1. The average molecular weight is 614 g/mol. The van der Waals surface area contributed by atoms with Crippen LogP contribution in [0.1, 0.15) is 5.56 Å². The van der Waals surface area contributed by atoms with Crippen LogP contribution in [0.15, 0.2) is 65.6 Å². The van der Waals surface area contributed by atoms with Crippen LogP contribution in [0, 0.1) is 11.3 Å². The highest BCUT2D eigenvalue weighted by atomic mass is 32.2. The number of aliphatic hydroxyl groups excluding tert-OH is 1. The summed E-state index contributed by atoms with van der Waals surface area (Å²) in [6.07, 6.45) is 0. The van der Waals surface area contributed by atoms with Gasteiger partial charge in [0.05, 0.1) is 65.6 Å². The largest absolute Gasteiger partial charge is 0.497 e. The first-order valence-corrected chi connectivity index (χ1v) is 15.7. The van der Waals surface area contributed by atoms with E-state index in [4.69, 9.17) is 24.6 Å². The lowest BCUT2D eigenvalue weighted by molar-refractivity contribution is 0.308. The van der Waals surface area contributed by atoms with Crippen molar-refractivity contribution in [3.63, 3.8) is 0 Å². The van der Waals surface area contributed by atoms with E-state index in [1.807, 2.05) is 6.07 Å².